The van der Waals surface area contributed by atoms with Gasteiger partial charge in [0.1, 0.15) is 0 Å². The summed E-state index contributed by atoms with van der Waals surface area (Å²) in [6.07, 6.45) is 9.89. The van der Waals surface area contributed by atoms with Crippen molar-refractivity contribution in [3.8, 4) is 0 Å². The Bertz CT molecular complexity index is 212. The molecule has 18 heavy (non-hydrogen) atoms. The molecule has 1 fully saturated rings. The van der Waals surface area contributed by atoms with Crippen LogP contribution in [0.4, 0.5) is 0 Å². The molecule has 0 bridgehead atoms. The molecule has 0 amide bonds. The summed E-state index contributed by atoms with van der Waals surface area (Å²) in [5.41, 5.74) is 0. The molecule has 1 heteroatoms. The summed E-state index contributed by atoms with van der Waals surface area (Å²) in [5.74, 6) is 2.89. The van der Waals surface area contributed by atoms with Crippen LogP contribution in [0.25, 0.3) is 0 Å². The highest BCUT2D eigenvalue weighted by Gasteiger charge is 2.40. The maximum Gasteiger partial charge on any atom is 0.0103 e. The van der Waals surface area contributed by atoms with Crippen molar-refractivity contribution in [1.82, 2.24) is 5.32 Å². The lowest BCUT2D eigenvalue weighted by atomic mass is 9.63. The molecule has 0 aromatic heterocycles. The van der Waals surface area contributed by atoms with Gasteiger partial charge in [0, 0.05) is 12.1 Å². The Hall–Kier alpha value is -0.0400. The van der Waals surface area contributed by atoms with Crippen LogP contribution in [0.1, 0.15) is 79.6 Å². The van der Waals surface area contributed by atoms with Gasteiger partial charge in [0.2, 0.25) is 0 Å². The van der Waals surface area contributed by atoms with Gasteiger partial charge in [-0.3, -0.25) is 0 Å². The fourth-order valence-electron chi connectivity index (χ4n) is 3.66. The van der Waals surface area contributed by atoms with Crippen LogP contribution in [0.5, 0.6) is 0 Å². The molecule has 0 heterocycles. The predicted octanol–water partition coefficient (Wildman–Crippen LogP) is 5.01. The van der Waals surface area contributed by atoms with Crippen molar-refractivity contribution in [2.24, 2.45) is 17.8 Å². The molecule has 0 radical (unpaired) electrons. The van der Waals surface area contributed by atoms with Gasteiger partial charge >= 0.3 is 0 Å². The monoisotopic (exact) mass is 253 g/mol. The minimum atomic E-state index is 0.645. The van der Waals surface area contributed by atoms with Crippen molar-refractivity contribution in [2.45, 2.75) is 91.6 Å². The first-order chi connectivity index (χ1) is 8.58. The molecule has 1 saturated carbocycles. The standard InChI is InChI=1S/C17H35N/c1-6-8-10-15-12-17(18-13(3)4)16(15)11-14(5)9-7-2/h13-18H,6-12H2,1-5H3. The van der Waals surface area contributed by atoms with Crippen molar-refractivity contribution in [3.05, 3.63) is 0 Å². The molecule has 0 saturated heterocycles. The van der Waals surface area contributed by atoms with Gasteiger partial charge in [0.05, 0.1) is 0 Å². The molecule has 108 valence electrons. The Morgan fingerprint density at radius 3 is 2.39 bits per heavy atom. The van der Waals surface area contributed by atoms with Crippen molar-refractivity contribution in [3.63, 3.8) is 0 Å². The Kier molecular flexibility index (Phi) is 7.29. The number of unbranched alkanes of at least 4 members (excludes halogenated alkanes) is 1. The first-order valence-electron chi connectivity index (χ1n) is 8.34. The van der Waals surface area contributed by atoms with Gasteiger partial charge in [-0.15, -0.1) is 0 Å². The lowest BCUT2D eigenvalue weighted by molar-refractivity contribution is 0.0661. The van der Waals surface area contributed by atoms with Crippen molar-refractivity contribution in [1.29, 1.82) is 0 Å². The molecule has 0 aromatic carbocycles. The average Bonchev–Trinajstić information content (AvgIpc) is 2.30. The Morgan fingerprint density at radius 1 is 1.11 bits per heavy atom. The molecule has 1 aliphatic carbocycles. The van der Waals surface area contributed by atoms with Crippen LogP contribution < -0.4 is 5.32 Å². The van der Waals surface area contributed by atoms with E-state index in [1.54, 1.807) is 0 Å². The summed E-state index contributed by atoms with van der Waals surface area (Å²) in [7, 11) is 0. The lowest BCUT2D eigenvalue weighted by Crippen LogP contribution is -2.53. The normalized spacial score (nSPS) is 29.3. The zero-order valence-corrected chi connectivity index (χ0v) is 13.3. The Balaban J connectivity index is 2.41. The van der Waals surface area contributed by atoms with E-state index in [2.05, 4.69) is 39.9 Å². The van der Waals surface area contributed by atoms with Gasteiger partial charge in [0.15, 0.2) is 0 Å². The SMILES string of the molecule is CCCCC1CC(NC(C)C)C1CC(C)CCC. The molecule has 4 atom stereocenters. The molecule has 0 aromatic rings. The molecular formula is C17H35N. The molecule has 1 rings (SSSR count). The highest BCUT2D eigenvalue weighted by atomic mass is 15.0. The minimum absolute atomic E-state index is 0.645. The van der Waals surface area contributed by atoms with E-state index >= 15 is 0 Å². The van der Waals surface area contributed by atoms with Crippen molar-refractivity contribution < 1.29 is 0 Å². The van der Waals surface area contributed by atoms with Crippen LogP contribution in [-0.2, 0) is 0 Å². The zero-order chi connectivity index (χ0) is 13.5. The van der Waals surface area contributed by atoms with E-state index in [9.17, 15) is 0 Å². The largest absolute Gasteiger partial charge is 0.311 e. The summed E-state index contributed by atoms with van der Waals surface area (Å²) in [6, 6.07) is 1.46. The summed E-state index contributed by atoms with van der Waals surface area (Å²) in [4.78, 5) is 0. The fourth-order valence-corrected chi connectivity index (χ4v) is 3.66. The number of hydrogen-bond acceptors (Lipinski definition) is 1. The van der Waals surface area contributed by atoms with Gasteiger partial charge < -0.3 is 5.32 Å². The smallest absolute Gasteiger partial charge is 0.0103 e. The van der Waals surface area contributed by atoms with E-state index in [1.807, 2.05) is 0 Å². The van der Waals surface area contributed by atoms with Crippen molar-refractivity contribution in [2.75, 3.05) is 0 Å². The summed E-state index contributed by atoms with van der Waals surface area (Å²) in [6.45, 7) is 11.6. The second kappa shape index (κ2) is 8.19. The van der Waals surface area contributed by atoms with Crippen molar-refractivity contribution >= 4 is 0 Å². The van der Waals surface area contributed by atoms with Crippen LogP contribution >= 0.6 is 0 Å². The zero-order valence-electron chi connectivity index (χ0n) is 13.3. The topological polar surface area (TPSA) is 12.0 Å². The maximum atomic E-state index is 3.78. The maximum absolute atomic E-state index is 3.78. The molecular weight excluding hydrogens is 218 g/mol. The van der Waals surface area contributed by atoms with Gasteiger partial charge in [-0.2, -0.15) is 0 Å². The van der Waals surface area contributed by atoms with Gasteiger partial charge in [0.25, 0.3) is 0 Å². The molecule has 1 nitrogen and oxygen atoms in total. The van der Waals surface area contributed by atoms with E-state index in [4.69, 9.17) is 0 Å². The third kappa shape index (κ3) is 4.91. The quantitative estimate of drug-likeness (QED) is 0.609. The predicted molar refractivity (Wildman–Crippen MR) is 81.9 cm³/mol. The summed E-state index contributed by atoms with van der Waals surface area (Å²) < 4.78 is 0. The third-order valence-electron chi connectivity index (χ3n) is 4.61. The number of nitrogens with one attached hydrogen (secondary N) is 1. The minimum Gasteiger partial charge on any atom is -0.311 e. The summed E-state index contributed by atoms with van der Waals surface area (Å²) in [5, 5.41) is 3.78. The van der Waals surface area contributed by atoms with E-state index in [0.717, 1.165) is 23.8 Å². The van der Waals surface area contributed by atoms with Gasteiger partial charge in [-0.25, -0.2) is 0 Å². The Labute approximate surface area is 115 Å². The Morgan fingerprint density at radius 2 is 1.83 bits per heavy atom. The lowest BCUT2D eigenvalue weighted by Gasteiger charge is -2.47. The molecule has 0 spiro atoms. The van der Waals surface area contributed by atoms with Gasteiger partial charge in [-0.05, 0) is 30.6 Å². The first-order valence-corrected chi connectivity index (χ1v) is 8.34. The van der Waals surface area contributed by atoms with Crippen LogP contribution in [0.15, 0.2) is 0 Å². The second-order valence-corrected chi connectivity index (χ2v) is 6.86. The van der Waals surface area contributed by atoms with Gasteiger partial charge in [-0.1, -0.05) is 66.7 Å². The van der Waals surface area contributed by atoms with E-state index in [0.29, 0.717) is 6.04 Å². The highest BCUT2D eigenvalue weighted by molar-refractivity contribution is 4.95. The van der Waals surface area contributed by atoms with Crippen LogP contribution in [0.2, 0.25) is 0 Å². The van der Waals surface area contributed by atoms with Crippen LogP contribution in [0.3, 0.4) is 0 Å². The van der Waals surface area contributed by atoms with Crippen LogP contribution in [-0.4, -0.2) is 12.1 Å². The molecule has 1 aliphatic rings. The first kappa shape index (κ1) is 16.0. The summed E-state index contributed by atoms with van der Waals surface area (Å²) >= 11 is 0. The fraction of sp³-hybridized carbons (Fsp3) is 1.00. The van der Waals surface area contributed by atoms with E-state index < -0.39 is 0 Å². The molecule has 1 N–H and O–H groups in total. The number of rotatable bonds is 9. The van der Waals surface area contributed by atoms with E-state index in [1.165, 1.54) is 44.9 Å². The highest BCUT2D eigenvalue weighted by Crippen LogP contribution is 2.42. The molecule has 0 aliphatic heterocycles. The second-order valence-electron chi connectivity index (χ2n) is 6.86. The number of hydrogen-bond donors (Lipinski definition) is 1. The molecule has 4 unspecified atom stereocenters. The third-order valence-corrected chi connectivity index (χ3v) is 4.61. The average molecular weight is 253 g/mol. The van der Waals surface area contributed by atoms with Crippen LogP contribution in [0, 0.1) is 17.8 Å². The van der Waals surface area contributed by atoms with E-state index in [-0.39, 0.29) is 0 Å².